The Bertz CT molecular complexity index is 774. The van der Waals surface area contributed by atoms with Crippen LogP contribution in [0.2, 0.25) is 0 Å². The summed E-state index contributed by atoms with van der Waals surface area (Å²) in [5.74, 6) is 0. The molecule has 1 aromatic rings. The lowest BCUT2D eigenvalue weighted by Gasteiger charge is -2.20. The van der Waals surface area contributed by atoms with Crippen LogP contribution in [0.5, 0.6) is 0 Å². The van der Waals surface area contributed by atoms with Crippen LogP contribution < -0.4 is 4.72 Å². The molecule has 130 valence electrons. The number of nitrogens with zero attached hydrogens (tertiary/aromatic N) is 1. The van der Waals surface area contributed by atoms with Gasteiger partial charge in [0.05, 0.1) is 11.2 Å². The van der Waals surface area contributed by atoms with Crippen molar-refractivity contribution in [2.75, 3.05) is 19.3 Å². The number of hydrogen-bond donors (Lipinski definition) is 1. The number of hydrogen-bond acceptors (Lipinski definition) is 4. The lowest BCUT2D eigenvalue weighted by Crippen LogP contribution is -2.39. The molecule has 1 saturated carbocycles. The highest BCUT2D eigenvalue weighted by Gasteiger charge is 2.34. The van der Waals surface area contributed by atoms with Gasteiger partial charge in [0.25, 0.3) is 0 Å². The minimum atomic E-state index is -3.66. The number of benzene rings is 1. The molecule has 0 saturated heterocycles. The normalized spacial score (nSPS) is 16.0. The first kappa shape index (κ1) is 18.4. The molecule has 0 heterocycles. The summed E-state index contributed by atoms with van der Waals surface area (Å²) in [6, 6.07) is 3.68. The van der Waals surface area contributed by atoms with E-state index < -0.39 is 20.0 Å². The topological polar surface area (TPSA) is 83.6 Å². The second kappa shape index (κ2) is 6.51. The Kier molecular flexibility index (Phi) is 5.20. The van der Waals surface area contributed by atoms with Gasteiger partial charge in [0.1, 0.15) is 0 Å². The number of nitrogens with one attached hydrogen (secondary N) is 1. The third kappa shape index (κ3) is 4.53. The molecular formula is C15H24N2O4S2. The molecule has 0 unspecified atom stereocenters. The third-order valence-corrected chi connectivity index (χ3v) is 6.98. The molecule has 0 atom stereocenters. The molecule has 0 spiro atoms. The molecule has 0 bridgehead atoms. The summed E-state index contributed by atoms with van der Waals surface area (Å²) in [5, 5.41) is 0. The molecular weight excluding hydrogens is 336 g/mol. The van der Waals surface area contributed by atoms with E-state index in [1.807, 2.05) is 19.1 Å². The SMILES string of the molecule is Cc1cc(C)c(S(=O)(=O)NCCN(C2CC2)S(C)(=O)=O)c(C)c1. The summed E-state index contributed by atoms with van der Waals surface area (Å²) in [5.41, 5.74) is 2.39. The van der Waals surface area contributed by atoms with E-state index in [4.69, 9.17) is 0 Å². The molecule has 23 heavy (non-hydrogen) atoms. The zero-order valence-electron chi connectivity index (χ0n) is 14.0. The first-order chi connectivity index (χ1) is 10.5. The Morgan fingerprint density at radius 3 is 2.04 bits per heavy atom. The van der Waals surface area contributed by atoms with Crippen molar-refractivity contribution in [3.8, 4) is 0 Å². The maximum absolute atomic E-state index is 12.5. The van der Waals surface area contributed by atoms with Crippen LogP contribution in [0.25, 0.3) is 0 Å². The van der Waals surface area contributed by atoms with E-state index in [0.29, 0.717) is 11.1 Å². The molecule has 0 amide bonds. The Labute approximate surface area is 139 Å². The number of rotatable bonds is 7. The Morgan fingerprint density at radius 2 is 1.61 bits per heavy atom. The molecule has 0 aromatic heterocycles. The lowest BCUT2D eigenvalue weighted by atomic mass is 10.1. The monoisotopic (exact) mass is 360 g/mol. The highest BCUT2D eigenvalue weighted by Crippen LogP contribution is 2.28. The average Bonchev–Trinajstić information content (AvgIpc) is 3.15. The van der Waals surface area contributed by atoms with Crippen molar-refractivity contribution in [2.24, 2.45) is 0 Å². The van der Waals surface area contributed by atoms with Crippen molar-refractivity contribution < 1.29 is 16.8 Å². The van der Waals surface area contributed by atoms with Gasteiger partial charge >= 0.3 is 0 Å². The first-order valence-corrected chi connectivity index (χ1v) is 10.9. The maximum atomic E-state index is 12.5. The van der Waals surface area contributed by atoms with Crippen LogP contribution in [0.4, 0.5) is 0 Å². The van der Waals surface area contributed by atoms with Gasteiger partial charge < -0.3 is 0 Å². The summed E-state index contributed by atoms with van der Waals surface area (Å²) < 4.78 is 52.4. The fourth-order valence-corrected chi connectivity index (χ4v) is 5.58. The smallest absolute Gasteiger partial charge is 0.212 e. The summed E-state index contributed by atoms with van der Waals surface area (Å²) in [4.78, 5) is 0.278. The standard InChI is InChI=1S/C15H24N2O4S2/c1-11-9-12(2)15(13(3)10-11)23(20,21)16-7-8-17(14-5-6-14)22(4,18)19/h9-10,14,16H,5-8H2,1-4H3. The van der Waals surface area contributed by atoms with E-state index in [1.165, 1.54) is 4.31 Å². The lowest BCUT2D eigenvalue weighted by molar-refractivity contribution is 0.409. The van der Waals surface area contributed by atoms with Crippen LogP contribution in [-0.2, 0) is 20.0 Å². The largest absolute Gasteiger partial charge is 0.241 e. The molecule has 0 aliphatic heterocycles. The van der Waals surface area contributed by atoms with E-state index in [9.17, 15) is 16.8 Å². The molecule has 1 aliphatic rings. The molecule has 1 aromatic carbocycles. The van der Waals surface area contributed by atoms with Gasteiger partial charge in [-0.15, -0.1) is 0 Å². The van der Waals surface area contributed by atoms with Gasteiger partial charge in [-0.1, -0.05) is 17.7 Å². The van der Waals surface area contributed by atoms with Crippen molar-refractivity contribution in [1.29, 1.82) is 0 Å². The molecule has 1 N–H and O–H groups in total. The molecule has 6 nitrogen and oxygen atoms in total. The quantitative estimate of drug-likeness (QED) is 0.795. The van der Waals surface area contributed by atoms with Gasteiger partial charge in [0.2, 0.25) is 20.0 Å². The number of aryl methyl sites for hydroxylation is 3. The van der Waals surface area contributed by atoms with Crippen LogP contribution in [-0.4, -0.2) is 46.5 Å². The van der Waals surface area contributed by atoms with E-state index in [2.05, 4.69) is 4.72 Å². The summed E-state index contributed by atoms with van der Waals surface area (Å²) in [6.07, 6.45) is 2.85. The van der Waals surface area contributed by atoms with Crippen LogP contribution in [0, 0.1) is 20.8 Å². The van der Waals surface area contributed by atoms with Crippen molar-refractivity contribution in [3.05, 3.63) is 28.8 Å². The van der Waals surface area contributed by atoms with Gasteiger partial charge in [-0.2, -0.15) is 4.31 Å². The average molecular weight is 361 g/mol. The van der Waals surface area contributed by atoms with Crippen LogP contribution in [0.3, 0.4) is 0 Å². The van der Waals surface area contributed by atoms with E-state index >= 15 is 0 Å². The van der Waals surface area contributed by atoms with Crippen LogP contribution >= 0.6 is 0 Å². The third-order valence-electron chi connectivity index (χ3n) is 3.88. The zero-order valence-corrected chi connectivity index (χ0v) is 15.6. The highest BCUT2D eigenvalue weighted by atomic mass is 32.2. The zero-order chi connectivity index (χ0) is 17.4. The Balaban J connectivity index is 2.11. The Hall–Kier alpha value is -0.960. The van der Waals surface area contributed by atoms with Gasteiger partial charge in [0, 0.05) is 19.1 Å². The number of sulfonamides is 2. The highest BCUT2D eigenvalue weighted by molar-refractivity contribution is 7.89. The van der Waals surface area contributed by atoms with Crippen molar-refractivity contribution in [3.63, 3.8) is 0 Å². The van der Waals surface area contributed by atoms with Gasteiger partial charge in [0.15, 0.2) is 0 Å². The van der Waals surface area contributed by atoms with Crippen LogP contribution in [0.1, 0.15) is 29.5 Å². The second-order valence-electron chi connectivity index (χ2n) is 6.23. The van der Waals surface area contributed by atoms with Crippen LogP contribution in [0.15, 0.2) is 17.0 Å². The molecule has 8 heteroatoms. The molecule has 2 rings (SSSR count). The van der Waals surface area contributed by atoms with Gasteiger partial charge in [-0.25, -0.2) is 21.6 Å². The molecule has 1 fully saturated rings. The fraction of sp³-hybridized carbons (Fsp3) is 0.600. The van der Waals surface area contributed by atoms with E-state index in [1.54, 1.807) is 13.8 Å². The molecule has 0 radical (unpaired) electrons. The minimum Gasteiger partial charge on any atom is -0.212 e. The summed E-state index contributed by atoms with van der Waals surface area (Å²) >= 11 is 0. The second-order valence-corrected chi connectivity index (χ2v) is 9.87. The first-order valence-electron chi connectivity index (χ1n) is 7.56. The minimum absolute atomic E-state index is 0.0253. The predicted molar refractivity (Wildman–Crippen MR) is 90.4 cm³/mol. The maximum Gasteiger partial charge on any atom is 0.241 e. The Morgan fingerprint density at radius 1 is 1.09 bits per heavy atom. The van der Waals surface area contributed by atoms with Crippen molar-refractivity contribution >= 4 is 20.0 Å². The molecule has 1 aliphatic carbocycles. The predicted octanol–water partition coefficient (Wildman–Crippen LogP) is 1.31. The van der Waals surface area contributed by atoms with Gasteiger partial charge in [-0.3, -0.25) is 0 Å². The van der Waals surface area contributed by atoms with Gasteiger partial charge in [-0.05, 0) is 44.7 Å². The fourth-order valence-electron chi connectivity index (χ4n) is 2.93. The van der Waals surface area contributed by atoms with Crippen molar-refractivity contribution in [1.82, 2.24) is 9.03 Å². The summed E-state index contributed by atoms with van der Waals surface area (Å²) in [6.45, 7) is 5.68. The van der Waals surface area contributed by atoms with E-state index in [-0.39, 0.29) is 24.0 Å². The summed E-state index contributed by atoms with van der Waals surface area (Å²) in [7, 11) is -6.96. The van der Waals surface area contributed by atoms with Crippen molar-refractivity contribution in [2.45, 2.75) is 44.6 Å². The van der Waals surface area contributed by atoms with E-state index in [0.717, 1.165) is 24.7 Å².